The number of benzene rings is 1. The van der Waals surface area contributed by atoms with Crippen LogP contribution >= 0.6 is 34.2 Å². The fourth-order valence-corrected chi connectivity index (χ4v) is 2.06. The number of hydrogen-bond donors (Lipinski definition) is 0. The van der Waals surface area contributed by atoms with Gasteiger partial charge in [0, 0.05) is 3.92 Å². The van der Waals surface area contributed by atoms with E-state index in [1.165, 1.54) is 12.1 Å². The highest BCUT2D eigenvalue weighted by Crippen LogP contribution is 2.35. The third-order valence-electron chi connectivity index (χ3n) is 1.86. The molecule has 1 rings (SSSR count). The molecule has 0 saturated heterocycles. The maximum atomic E-state index is 12.4. The quantitative estimate of drug-likeness (QED) is 0.536. The van der Waals surface area contributed by atoms with Crippen LogP contribution in [0.15, 0.2) is 18.2 Å². The zero-order chi connectivity index (χ0) is 11.6. The van der Waals surface area contributed by atoms with Gasteiger partial charge in [-0.3, -0.25) is 0 Å². The number of hydrogen-bond acceptors (Lipinski definition) is 0. The smallest absolute Gasteiger partial charge is 0.166 e. The molecule has 5 heteroatoms. The topological polar surface area (TPSA) is 0 Å². The van der Waals surface area contributed by atoms with Crippen molar-refractivity contribution >= 4 is 34.2 Å². The van der Waals surface area contributed by atoms with Crippen LogP contribution in [0.3, 0.4) is 0 Å². The highest BCUT2D eigenvalue weighted by atomic mass is 127. The van der Waals surface area contributed by atoms with Gasteiger partial charge in [-0.25, -0.2) is 0 Å². The van der Waals surface area contributed by atoms with Crippen molar-refractivity contribution in [2.75, 3.05) is 0 Å². The molecule has 1 unspecified atom stereocenters. The lowest BCUT2D eigenvalue weighted by atomic mass is 10.1. The zero-order valence-electron chi connectivity index (χ0n) is 7.91. The average molecular weight is 349 g/mol. The molecule has 0 aliphatic carbocycles. The maximum absolute atomic E-state index is 12.4. The maximum Gasteiger partial charge on any atom is 0.417 e. The van der Waals surface area contributed by atoms with E-state index < -0.39 is 11.7 Å². The Morgan fingerprint density at radius 2 is 2.00 bits per heavy atom. The van der Waals surface area contributed by atoms with E-state index in [2.05, 4.69) is 22.6 Å². The third-order valence-corrected chi connectivity index (χ3v) is 2.61. The number of halogens is 5. The van der Waals surface area contributed by atoms with Crippen molar-refractivity contribution in [3.8, 4) is 0 Å². The third kappa shape index (κ3) is 3.83. The highest BCUT2D eigenvalue weighted by Gasteiger charge is 2.32. The molecule has 0 spiro atoms. The van der Waals surface area contributed by atoms with Gasteiger partial charge in [0.25, 0.3) is 0 Å². The van der Waals surface area contributed by atoms with Gasteiger partial charge in [0.15, 0.2) is 0 Å². The molecule has 1 aromatic carbocycles. The van der Waals surface area contributed by atoms with E-state index in [-0.39, 0.29) is 5.02 Å². The Hall–Kier alpha value is 0.0300. The predicted octanol–water partition coefficient (Wildman–Crippen LogP) is 4.72. The van der Waals surface area contributed by atoms with E-state index >= 15 is 0 Å². The Morgan fingerprint density at radius 1 is 1.40 bits per heavy atom. The van der Waals surface area contributed by atoms with Gasteiger partial charge in [-0.2, -0.15) is 13.2 Å². The lowest BCUT2D eigenvalue weighted by Crippen LogP contribution is -2.06. The van der Waals surface area contributed by atoms with Crippen molar-refractivity contribution in [2.24, 2.45) is 0 Å². The molecule has 0 aliphatic rings. The molecule has 0 fully saturated rings. The van der Waals surface area contributed by atoms with E-state index in [0.29, 0.717) is 3.92 Å². The standard InChI is InChI=1S/C10H9ClF3I/c1-6(15)4-7-2-3-8(9(11)5-7)10(12,13)14/h2-3,5-6H,4H2,1H3. The van der Waals surface area contributed by atoms with Gasteiger partial charge < -0.3 is 0 Å². The van der Waals surface area contributed by atoms with E-state index in [1.54, 1.807) is 0 Å². The van der Waals surface area contributed by atoms with Gasteiger partial charge in [0.2, 0.25) is 0 Å². The van der Waals surface area contributed by atoms with E-state index in [0.717, 1.165) is 18.1 Å². The minimum Gasteiger partial charge on any atom is -0.166 e. The summed E-state index contributed by atoms with van der Waals surface area (Å²) in [5, 5.41) is -0.225. The number of alkyl halides is 4. The normalized spacial score (nSPS) is 14.0. The minimum atomic E-state index is -4.37. The minimum absolute atomic E-state index is 0.225. The van der Waals surface area contributed by atoms with Gasteiger partial charge in [0.05, 0.1) is 10.6 Å². The SMILES string of the molecule is CC(I)Cc1ccc(C(F)(F)F)c(Cl)c1. The summed E-state index contributed by atoms with van der Waals surface area (Å²) < 4.78 is 37.4. The molecule has 0 heterocycles. The van der Waals surface area contributed by atoms with Crippen LogP contribution in [0.2, 0.25) is 5.02 Å². The molecule has 0 saturated carbocycles. The molecule has 0 bridgehead atoms. The fraction of sp³-hybridized carbons (Fsp3) is 0.400. The summed E-state index contributed by atoms with van der Waals surface area (Å²) in [4.78, 5) is 0. The van der Waals surface area contributed by atoms with Crippen LogP contribution in [0.25, 0.3) is 0 Å². The van der Waals surface area contributed by atoms with Gasteiger partial charge in [-0.15, -0.1) is 0 Å². The van der Waals surface area contributed by atoms with Crippen molar-refractivity contribution < 1.29 is 13.2 Å². The second-order valence-corrected chi connectivity index (χ2v) is 5.83. The van der Waals surface area contributed by atoms with E-state index in [1.807, 2.05) is 6.92 Å². The molecule has 84 valence electrons. The first-order valence-corrected chi connectivity index (χ1v) is 5.92. The van der Waals surface area contributed by atoms with Crippen molar-refractivity contribution in [3.63, 3.8) is 0 Å². The molecule has 0 nitrogen and oxygen atoms in total. The highest BCUT2D eigenvalue weighted by molar-refractivity contribution is 14.1. The van der Waals surface area contributed by atoms with Crippen LogP contribution < -0.4 is 0 Å². The van der Waals surface area contributed by atoms with Gasteiger partial charge in [-0.1, -0.05) is 47.2 Å². The Bertz CT molecular complexity index is 347. The molecule has 1 aromatic rings. The first kappa shape index (κ1) is 13.1. The largest absolute Gasteiger partial charge is 0.417 e. The summed E-state index contributed by atoms with van der Waals surface area (Å²) in [5.41, 5.74) is 0.0592. The summed E-state index contributed by atoms with van der Waals surface area (Å²) in [6.45, 7) is 1.99. The van der Waals surface area contributed by atoms with E-state index in [9.17, 15) is 13.2 Å². The summed E-state index contributed by atoms with van der Waals surface area (Å²) in [7, 11) is 0. The molecule has 0 aliphatic heterocycles. The molecule has 15 heavy (non-hydrogen) atoms. The molecule has 1 atom stereocenters. The number of rotatable bonds is 2. The predicted molar refractivity (Wildman–Crippen MR) is 63.6 cm³/mol. The summed E-state index contributed by atoms with van der Waals surface area (Å²) in [6, 6.07) is 3.90. The zero-order valence-corrected chi connectivity index (χ0v) is 10.8. The molecule has 0 N–H and O–H groups in total. The first-order chi connectivity index (χ1) is 6.80. The summed E-state index contributed by atoms with van der Waals surface area (Å²) in [6.07, 6.45) is -3.65. The summed E-state index contributed by atoms with van der Waals surface area (Å²) >= 11 is 7.79. The Morgan fingerprint density at radius 3 is 2.40 bits per heavy atom. The molecular formula is C10H9ClF3I. The second kappa shape index (κ2) is 4.91. The molecule has 0 amide bonds. The van der Waals surface area contributed by atoms with Crippen molar-refractivity contribution in [2.45, 2.75) is 23.4 Å². The van der Waals surface area contributed by atoms with E-state index in [4.69, 9.17) is 11.6 Å². The van der Waals surface area contributed by atoms with Crippen LogP contribution in [-0.2, 0) is 12.6 Å². The van der Waals surface area contributed by atoms with Crippen molar-refractivity contribution in [3.05, 3.63) is 34.3 Å². The van der Waals surface area contributed by atoms with Crippen LogP contribution in [0.4, 0.5) is 13.2 Å². The fourth-order valence-electron chi connectivity index (χ4n) is 1.24. The van der Waals surface area contributed by atoms with Crippen LogP contribution in [0, 0.1) is 0 Å². The van der Waals surface area contributed by atoms with Crippen molar-refractivity contribution in [1.82, 2.24) is 0 Å². The van der Waals surface area contributed by atoms with Crippen LogP contribution in [0.1, 0.15) is 18.1 Å². The molecule has 0 aromatic heterocycles. The second-order valence-electron chi connectivity index (χ2n) is 3.30. The van der Waals surface area contributed by atoms with Gasteiger partial charge >= 0.3 is 6.18 Å². The van der Waals surface area contributed by atoms with Gasteiger partial charge in [0.1, 0.15) is 0 Å². The molecular weight excluding hydrogens is 339 g/mol. The Balaban J connectivity index is 2.99. The lowest BCUT2D eigenvalue weighted by molar-refractivity contribution is -0.137. The van der Waals surface area contributed by atoms with Crippen molar-refractivity contribution in [1.29, 1.82) is 0 Å². The monoisotopic (exact) mass is 348 g/mol. The van der Waals surface area contributed by atoms with Gasteiger partial charge in [-0.05, 0) is 24.1 Å². The van der Waals surface area contributed by atoms with Crippen LogP contribution in [-0.4, -0.2) is 3.92 Å². The average Bonchev–Trinajstić information content (AvgIpc) is 1.99. The Labute approximate surface area is 105 Å². The Kier molecular flexibility index (Phi) is 4.29. The first-order valence-electron chi connectivity index (χ1n) is 4.30. The molecule has 0 radical (unpaired) electrons. The van der Waals surface area contributed by atoms with Crippen LogP contribution in [0.5, 0.6) is 0 Å². The lowest BCUT2D eigenvalue weighted by Gasteiger charge is -2.10. The summed E-state index contributed by atoms with van der Waals surface area (Å²) in [5.74, 6) is 0.